The van der Waals surface area contributed by atoms with Gasteiger partial charge in [0.1, 0.15) is 11.4 Å². The van der Waals surface area contributed by atoms with Gasteiger partial charge in [0.05, 0.1) is 29.6 Å². The third-order valence-corrected chi connectivity index (χ3v) is 3.76. The van der Waals surface area contributed by atoms with Crippen LogP contribution in [0.2, 0.25) is 0 Å². The number of carbonyl (C=O) groups excluding carboxylic acids is 1. The second kappa shape index (κ2) is 8.69. The SMILES string of the molecule is CC(C)Oc1ccc(NC(=O)c2ccc(Nc3cccc(C#N)c3)cn2)cc1. The zero-order chi connectivity index (χ0) is 19.9. The standard InChI is InChI=1S/C22H20N4O2/c1-15(2)28-20-9-6-17(7-10-20)26-22(27)21-11-8-19(14-24-21)25-18-5-3-4-16(12-18)13-23/h3-12,14-15,25H,1-2H3,(H,26,27). The second-order valence-electron chi connectivity index (χ2n) is 6.39. The fourth-order valence-electron chi connectivity index (χ4n) is 2.52. The third kappa shape index (κ3) is 5.08. The lowest BCUT2D eigenvalue weighted by Gasteiger charge is -2.11. The first-order valence-electron chi connectivity index (χ1n) is 8.85. The van der Waals surface area contributed by atoms with Gasteiger partial charge in [0, 0.05) is 11.4 Å². The molecular weight excluding hydrogens is 352 g/mol. The minimum Gasteiger partial charge on any atom is -0.491 e. The predicted molar refractivity (Wildman–Crippen MR) is 109 cm³/mol. The fourth-order valence-corrected chi connectivity index (χ4v) is 2.52. The summed E-state index contributed by atoms with van der Waals surface area (Å²) in [6.45, 7) is 3.92. The van der Waals surface area contributed by atoms with Crippen molar-refractivity contribution in [3.05, 3.63) is 78.1 Å². The molecule has 1 heterocycles. The van der Waals surface area contributed by atoms with Gasteiger partial charge in [-0.15, -0.1) is 0 Å². The number of benzene rings is 2. The van der Waals surface area contributed by atoms with E-state index >= 15 is 0 Å². The van der Waals surface area contributed by atoms with Crippen LogP contribution >= 0.6 is 0 Å². The summed E-state index contributed by atoms with van der Waals surface area (Å²) in [4.78, 5) is 16.6. The Morgan fingerprint density at radius 2 is 1.79 bits per heavy atom. The molecule has 1 aromatic heterocycles. The van der Waals surface area contributed by atoms with Crippen LogP contribution in [0.1, 0.15) is 29.9 Å². The van der Waals surface area contributed by atoms with E-state index in [0.717, 1.165) is 17.1 Å². The Labute approximate surface area is 163 Å². The Morgan fingerprint density at radius 3 is 2.43 bits per heavy atom. The van der Waals surface area contributed by atoms with Crippen molar-refractivity contribution in [2.45, 2.75) is 20.0 Å². The molecule has 2 aromatic carbocycles. The van der Waals surface area contributed by atoms with Crippen molar-refractivity contribution in [3.63, 3.8) is 0 Å². The molecule has 0 radical (unpaired) electrons. The van der Waals surface area contributed by atoms with Crippen LogP contribution in [-0.2, 0) is 0 Å². The van der Waals surface area contributed by atoms with Gasteiger partial charge >= 0.3 is 0 Å². The summed E-state index contributed by atoms with van der Waals surface area (Å²) in [5.41, 5.74) is 3.04. The fraction of sp³-hybridized carbons (Fsp3) is 0.136. The number of carbonyl (C=O) groups is 1. The van der Waals surface area contributed by atoms with E-state index in [0.29, 0.717) is 16.9 Å². The van der Waals surface area contributed by atoms with Crippen molar-refractivity contribution in [1.82, 2.24) is 4.98 Å². The highest BCUT2D eigenvalue weighted by molar-refractivity contribution is 6.03. The highest BCUT2D eigenvalue weighted by Gasteiger charge is 2.08. The van der Waals surface area contributed by atoms with Crippen molar-refractivity contribution in [3.8, 4) is 11.8 Å². The number of nitriles is 1. The zero-order valence-corrected chi connectivity index (χ0v) is 15.6. The zero-order valence-electron chi connectivity index (χ0n) is 15.6. The van der Waals surface area contributed by atoms with Gasteiger partial charge in [-0.05, 0) is 68.4 Å². The minimum atomic E-state index is -0.296. The molecule has 0 aliphatic carbocycles. The quantitative estimate of drug-likeness (QED) is 0.653. The van der Waals surface area contributed by atoms with E-state index in [1.807, 2.05) is 32.0 Å². The normalized spacial score (nSPS) is 10.2. The number of hydrogen-bond acceptors (Lipinski definition) is 5. The summed E-state index contributed by atoms with van der Waals surface area (Å²) in [5, 5.41) is 14.9. The summed E-state index contributed by atoms with van der Waals surface area (Å²) in [7, 11) is 0. The molecule has 0 atom stereocenters. The number of ether oxygens (including phenoxy) is 1. The lowest BCUT2D eigenvalue weighted by atomic mass is 10.2. The highest BCUT2D eigenvalue weighted by atomic mass is 16.5. The van der Waals surface area contributed by atoms with E-state index in [4.69, 9.17) is 10.00 Å². The number of amides is 1. The topological polar surface area (TPSA) is 87.0 Å². The maximum atomic E-state index is 12.4. The first kappa shape index (κ1) is 18.9. The van der Waals surface area contributed by atoms with Crippen LogP contribution < -0.4 is 15.4 Å². The highest BCUT2D eigenvalue weighted by Crippen LogP contribution is 2.19. The number of aromatic nitrogens is 1. The van der Waals surface area contributed by atoms with Crippen molar-refractivity contribution < 1.29 is 9.53 Å². The van der Waals surface area contributed by atoms with Gasteiger partial charge in [-0.25, -0.2) is 4.98 Å². The molecule has 3 rings (SSSR count). The number of anilines is 3. The molecule has 0 fully saturated rings. The van der Waals surface area contributed by atoms with Crippen LogP contribution in [-0.4, -0.2) is 17.0 Å². The van der Waals surface area contributed by atoms with Gasteiger partial charge in [-0.1, -0.05) is 6.07 Å². The second-order valence-corrected chi connectivity index (χ2v) is 6.39. The van der Waals surface area contributed by atoms with Gasteiger partial charge in [0.2, 0.25) is 0 Å². The molecule has 0 spiro atoms. The number of rotatable bonds is 6. The first-order chi connectivity index (χ1) is 13.5. The van der Waals surface area contributed by atoms with Crippen molar-refractivity contribution in [2.24, 2.45) is 0 Å². The Morgan fingerprint density at radius 1 is 1.04 bits per heavy atom. The van der Waals surface area contributed by atoms with Gasteiger partial charge in [0.15, 0.2) is 0 Å². The minimum absolute atomic E-state index is 0.0964. The monoisotopic (exact) mass is 372 g/mol. The van der Waals surface area contributed by atoms with Gasteiger partial charge in [0.25, 0.3) is 5.91 Å². The molecule has 6 heteroatoms. The summed E-state index contributed by atoms with van der Waals surface area (Å²) in [5.74, 6) is 0.456. The molecule has 0 bridgehead atoms. The smallest absolute Gasteiger partial charge is 0.274 e. The summed E-state index contributed by atoms with van der Waals surface area (Å²) in [6, 6.07) is 19.8. The van der Waals surface area contributed by atoms with Crippen molar-refractivity contribution >= 4 is 23.0 Å². The summed E-state index contributed by atoms with van der Waals surface area (Å²) < 4.78 is 5.59. The molecule has 0 aliphatic rings. The molecule has 0 aliphatic heterocycles. The molecular formula is C22H20N4O2. The van der Waals surface area contributed by atoms with E-state index in [-0.39, 0.29) is 12.0 Å². The molecule has 2 N–H and O–H groups in total. The van der Waals surface area contributed by atoms with Crippen LogP contribution in [0.5, 0.6) is 5.75 Å². The van der Waals surface area contributed by atoms with E-state index in [2.05, 4.69) is 21.7 Å². The van der Waals surface area contributed by atoms with Crippen molar-refractivity contribution in [1.29, 1.82) is 5.26 Å². The Balaban J connectivity index is 1.62. The van der Waals surface area contributed by atoms with Crippen LogP contribution in [0.25, 0.3) is 0 Å². The van der Waals surface area contributed by atoms with Gasteiger partial charge in [-0.3, -0.25) is 4.79 Å². The van der Waals surface area contributed by atoms with Crippen LogP contribution in [0.15, 0.2) is 66.9 Å². The van der Waals surface area contributed by atoms with Crippen LogP contribution in [0, 0.1) is 11.3 Å². The number of pyridine rings is 1. The molecule has 0 unspecified atom stereocenters. The number of hydrogen-bond donors (Lipinski definition) is 2. The lowest BCUT2D eigenvalue weighted by molar-refractivity contribution is 0.102. The number of nitrogens with zero attached hydrogens (tertiary/aromatic N) is 2. The van der Waals surface area contributed by atoms with Gasteiger partial charge < -0.3 is 15.4 Å². The van der Waals surface area contributed by atoms with Crippen LogP contribution in [0.4, 0.5) is 17.1 Å². The maximum Gasteiger partial charge on any atom is 0.274 e. The van der Waals surface area contributed by atoms with Crippen molar-refractivity contribution in [2.75, 3.05) is 10.6 Å². The Kier molecular flexibility index (Phi) is 5.87. The predicted octanol–water partition coefficient (Wildman–Crippen LogP) is 4.74. The molecule has 0 saturated heterocycles. The Bertz CT molecular complexity index is 990. The maximum absolute atomic E-state index is 12.4. The van der Waals surface area contributed by atoms with E-state index < -0.39 is 0 Å². The average Bonchev–Trinajstić information content (AvgIpc) is 2.70. The molecule has 1 amide bonds. The molecule has 140 valence electrons. The first-order valence-corrected chi connectivity index (χ1v) is 8.85. The van der Waals surface area contributed by atoms with Gasteiger partial charge in [-0.2, -0.15) is 5.26 Å². The number of nitrogens with one attached hydrogen (secondary N) is 2. The van der Waals surface area contributed by atoms with E-state index in [1.165, 1.54) is 0 Å². The Hall–Kier alpha value is -3.85. The third-order valence-electron chi connectivity index (χ3n) is 3.76. The molecule has 3 aromatic rings. The van der Waals surface area contributed by atoms with E-state index in [1.54, 1.807) is 48.7 Å². The summed E-state index contributed by atoms with van der Waals surface area (Å²) >= 11 is 0. The molecule has 28 heavy (non-hydrogen) atoms. The van der Waals surface area contributed by atoms with Crippen LogP contribution in [0.3, 0.4) is 0 Å². The molecule has 0 saturated carbocycles. The molecule has 6 nitrogen and oxygen atoms in total. The average molecular weight is 372 g/mol. The lowest BCUT2D eigenvalue weighted by Crippen LogP contribution is -2.13. The largest absolute Gasteiger partial charge is 0.491 e. The van der Waals surface area contributed by atoms with E-state index in [9.17, 15) is 4.79 Å². The summed E-state index contributed by atoms with van der Waals surface area (Å²) in [6.07, 6.45) is 1.67.